The van der Waals surface area contributed by atoms with E-state index in [1.807, 2.05) is 0 Å². The molecule has 1 aliphatic rings. The van der Waals surface area contributed by atoms with Gasteiger partial charge in [-0.15, -0.1) is 0 Å². The van der Waals surface area contributed by atoms with E-state index < -0.39 is 5.97 Å². The first-order valence-corrected chi connectivity index (χ1v) is 6.17. The molecule has 0 amide bonds. The summed E-state index contributed by atoms with van der Waals surface area (Å²) in [4.78, 5) is 15.1. The molecule has 0 fully saturated rings. The van der Waals surface area contributed by atoms with E-state index in [9.17, 15) is 4.79 Å². The van der Waals surface area contributed by atoms with Gasteiger partial charge in [-0.05, 0) is 31.4 Å². The Labute approximate surface area is 98.6 Å². The van der Waals surface area contributed by atoms with Gasteiger partial charge < -0.3 is 5.11 Å². The van der Waals surface area contributed by atoms with Crippen LogP contribution in [0.25, 0.3) is 0 Å². The number of nitrogens with zero attached hydrogens (tertiary/aromatic N) is 1. The lowest BCUT2D eigenvalue weighted by Gasteiger charge is -2.15. The van der Waals surface area contributed by atoms with Crippen molar-refractivity contribution in [2.24, 2.45) is 0 Å². The number of carbonyl (C=O) groups is 1. The Morgan fingerprint density at radius 3 is 3.12 bits per heavy atom. The SMILES string of the molecule is O=C(O)c1cccnc1SC1C=CCCC1. The molecule has 1 aromatic rings. The van der Waals surface area contributed by atoms with E-state index in [1.165, 1.54) is 6.42 Å². The molecule has 0 radical (unpaired) electrons. The molecule has 1 atom stereocenters. The highest BCUT2D eigenvalue weighted by molar-refractivity contribution is 8.00. The normalized spacial score (nSPS) is 19.6. The summed E-state index contributed by atoms with van der Waals surface area (Å²) in [6.45, 7) is 0. The summed E-state index contributed by atoms with van der Waals surface area (Å²) in [5, 5.41) is 10.0. The molecule has 1 aromatic heterocycles. The Morgan fingerprint density at radius 1 is 1.56 bits per heavy atom. The van der Waals surface area contributed by atoms with Crippen molar-refractivity contribution in [3.05, 3.63) is 36.0 Å². The monoisotopic (exact) mass is 235 g/mol. The third-order valence-corrected chi connectivity index (χ3v) is 3.72. The zero-order chi connectivity index (χ0) is 11.4. The minimum atomic E-state index is -0.907. The van der Waals surface area contributed by atoms with Crippen LogP contribution in [-0.2, 0) is 0 Å². The van der Waals surface area contributed by atoms with Crippen LogP contribution in [-0.4, -0.2) is 21.3 Å². The van der Waals surface area contributed by atoms with Crippen LogP contribution in [0.2, 0.25) is 0 Å². The topological polar surface area (TPSA) is 50.2 Å². The zero-order valence-corrected chi connectivity index (χ0v) is 9.61. The lowest BCUT2D eigenvalue weighted by atomic mass is 10.1. The van der Waals surface area contributed by atoms with Crippen molar-refractivity contribution in [2.45, 2.75) is 29.5 Å². The minimum absolute atomic E-state index is 0.298. The van der Waals surface area contributed by atoms with E-state index in [4.69, 9.17) is 5.11 Å². The van der Waals surface area contributed by atoms with Crippen LogP contribution in [0.1, 0.15) is 29.6 Å². The van der Waals surface area contributed by atoms with E-state index in [2.05, 4.69) is 17.1 Å². The van der Waals surface area contributed by atoms with Gasteiger partial charge in [-0.2, -0.15) is 0 Å². The van der Waals surface area contributed by atoms with Gasteiger partial charge in [-0.1, -0.05) is 23.9 Å². The average molecular weight is 235 g/mol. The van der Waals surface area contributed by atoms with E-state index in [0.29, 0.717) is 15.8 Å². The molecular weight excluding hydrogens is 222 g/mol. The highest BCUT2D eigenvalue weighted by Gasteiger charge is 2.16. The molecule has 0 saturated carbocycles. The van der Waals surface area contributed by atoms with Crippen LogP contribution >= 0.6 is 11.8 Å². The predicted octanol–water partition coefficient (Wildman–Crippen LogP) is 2.98. The van der Waals surface area contributed by atoms with Crippen molar-refractivity contribution in [2.75, 3.05) is 0 Å². The van der Waals surface area contributed by atoms with Crippen LogP contribution in [0, 0.1) is 0 Å². The van der Waals surface area contributed by atoms with Crippen molar-refractivity contribution in [3.8, 4) is 0 Å². The van der Waals surface area contributed by atoms with E-state index in [0.717, 1.165) is 12.8 Å². The number of pyridine rings is 1. The molecule has 1 unspecified atom stereocenters. The largest absolute Gasteiger partial charge is 0.478 e. The van der Waals surface area contributed by atoms with Crippen LogP contribution in [0.5, 0.6) is 0 Å². The molecule has 3 nitrogen and oxygen atoms in total. The number of carboxylic acids is 1. The van der Waals surface area contributed by atoms with Gasteiger partial charge in [0.2, 0.25) is 0 Å². The summed E-state index contributed by atoms with van der Waals surface area (Å²) in [5.41, 5.74) is 0.298. The fourth-order valence-corrected chi connectivity index (χ4v) is 2.84. The Kier molecular flexibility index (Phi) is 3.62. The molecule has 0 aromatic carbocycles. The maximum absolute atomic E-state index is 11.0. The van der Waals surface area contributed by atoms with Crippen molar-refractivity contribution in [1.82, 2.24) is 4.98 Å². The summed E-state index contributed by atoms with van der Waals surface area (Å²) < 4.78 is 0. The molecule has 1 heterocycles. The molecule has 0 aliphatic heterocycles. The second-order valence-corrected chi connectivity index (χ2v) is 4.90. The fraction of sp³-hybridized carbons (Fsp3) is 0.333. The van der Waals surface area contributed by atoms with E-state index in [-0.39, 0.29) is 0 Å². The first kappa shape index (κ1) is 11.2. The summed E-state index contributed by atoms with van der Waals surface area (Å²) in [5.74, 6) is -0.907. The first-order chi connectivity index (χ1) is 7.77. The number of hydrogen-bond donors (Lipinski definition) is 1. The highest BCUT2D eigenvalue weighted by atomic mass is 32.2. The number of rotatable bonds is 3. The fourth-order valence-electron chi connectivity index (χ4n) is 1.67. The third-order valence-electron chi connectivity index (χ3n) is 2.47. The van der Waals surface area contributed by atoms with Gasteiger partial charge in [0.15, 0.2) is 0 Å². The van der Waals surface area contributed by atoms with Crippen molar-refractivity contribution >= 4 is 17.7 Å². The van der Waals surface area contributed by atoms with Gasteiger partial charge in [-0.25, -0.2) is 9.78 Å². The summed E-state index contributed by atoms with van der Waals surface area (Å²) in [6, 6.07) is 3.26. The Hall–Kier alpha value is -1.29. The Bertz CT molecular complexity index is 417. The highest BCUT2D eigenvalue weighted by Crippen LogP contribution is 2.30. The van der Waals surface area contributed by atoms with Crippen molar-refractivity contribution in [3.63, 3.8) is 0 Å². The second kappa shape index (κ2) is 5.16. The lowest BCUT2D eigenvalue weighted by molar-refractivity contribution is 0.0692. The predicted molar refractivity (Wildman–Crippen MR) is 63.8 cm³/mol. The number of aromatic nitrogens is 1. The smallest absolute Gasteiger partial charge is 0.338 e. The third kappa shape index (κ3) is 2.64. The second-order valence-electron chi connectivity index (χ2n) is 3.68. The molecule has 84 valence electrons. The maximum Gasteiger partial charge on any atom is 0.338 e. The van der Waals surface area contributed by atoms with Gasteiger partial charge in [0.05, 0.1) is 5.56 Å². The molecule has 0 spiro atoms. The van der Waals surface area contributed by atoms with Crippen LogP contribution < -0.4 is 0 Å². The van der Waals surface area contributed by atoms with Crippen molar-refractivity contribution in [1.29, 1.82) is 0 Å². The van der Waals surface area contributed by atoms with E-state index >= 15 is 0 Å². The molecule has 1 N–H and O–H groups in total. The van der Waals surface area contributed by atoms with Crippen LogP contribution in [0.15, 0.2) is 35.5 Å². The van der Waals surface area contributed by atoms with Gasteiger partial charge in [0.1, 0.15) is 5.03 Å². The summed E-state index contributed by atoms with van der Waals surface area (Å²) in [7, 11) is 0. The molecular formula is C12H13NO2S. The molecule has 4 heteroatoms. The summed E-state index contributed by atoms with van der Waals surface area (Å²) >= 11 is 1.54. The number of thioether (sulfide) groups is 1. The lowest BCUT2D eigenvalue weighted by Crippen LogP contribution is -2.06. The standard InChI is InChI=1S/C12H13NO2S/c14-12(15)10-7-4-8-13-11(10)16-9-5-2-1-3-6-9/h2,4-5,7-9H,1,3,6H2,(H,14,15). The van der Waals surface area contributed by atoms with Crippen molar-refractivity contribution < 1.29 is 9.90 Å². The maximum atomic E-state index is 11.0. The van der Waals surface area contributed by atoms with Gasteiger partial charge in [0.25, 0.3) is 0 Å². The number of carboxylic acid groups (broad SMARTS) is 1. The summed E-state index contributed by atoms with van der Waals surface area (Å²) in [6.07, 6.45) is 9.34. The van der Waals surface area contributed by atoms with Gasteiger partial charge >= 0.3 is 5.97 Å². The van der Waals surface area contributed by atoms with E-state index in [1.54, 1.807) is 30.1 Å². The van der Waals surface area contributed by atoms with Gasteiger partial charge in [0, 0.05) is 11.4 Å². The average Bonchev–Trinajstić information content (AvgIpc) is 2.31. The van der Waals surface area contributed by atoms with Gasteiger partial charge in [-0.3, -0.25) is 0 Å². The Balaban J connectivity index is 2.17. The molecule has 1 aliphatic carbocycles. The first-order valence-electron chi connectivity index (χ1n) is 5.29. The van der Waals surface area contributed by atoms with Crippen LogP contribution in [0.3, 0.4) is 0 Å². The zero-order valence-electron chi connectivity index (χ0n) is 8.80. The molecule has 16 heavy (non-hydrogen) atoms. The molecule has 0 saturated heterocycles. The number of allylic oxidation sites excluding steroid dienone is 1. The number of aromatic carboxylic acids is 1. The quantitative estimate of drug-likeness (QED) is 0.818. The minimum Gasteiger partial charge on any atom is -0.478 e. The molecule has 0 bridgehead atoms. The van der Waals surface area contributed by atoms with Crippen LogP contribution in [0.4, 0.5) is 0 Å². The molecule has 2 rings (SSSR count). The Morgan fingerprint density at radius 2 is 2.44 bits per heavy atom. The number of hydrogen-bond acceptors (Lipinski definition) is 3.